The number of rotatable bonds is 4. The molecule has 1 atom stereocenters. The van der Waals surface area contributed by atoms with Crippen molar-refractivity contribution in [1.29, 1.82) is 5.26 Å². The molecular weight excluding hydrogens is 370 g/mol. The Labute approximate surface area is 152 Å². The van der Waals surface area contributed by atoms with Crippen molar-refractivity contribution in [3.8, 4) is 6.07 Å². The van der Waals surface area contributed by atoms with Gasteiger partial charge in [-0.1, -0.05) is 23.2 Å². The van der Waals surface area contributed by atoms with Crippen molar-refractivity contribution in [3.63, 3.8) is 0 Å². The van der Waals surface area contributed by atoms with Crippen LogP contribution in [-0.2, 0) is 9.53 Å². The maximum atomic E-state index is 13.5. The van der Waals surface area contributed by atoms with E-state index in [1.165, 1.54) is 31.2 Å². The zero-order valence-corrected chi connectivity index (χ0v) is 14.4. The highest BCUT2D eigenvalue weighted by atomic mass is 35.5. The summed E-state index contributed by atoms with van der Waals surface area (Å²) in [6.07, 6.45) is -1.15. The van der Waals surface area contributed by atoms with Gasteiger partial charge >= 0.3 is 5.97 Å². The Balaban J connectivity index is 2.04. The van der Waals surface area contributed by atoms with E-state index in [1.54, 1.807) is 0 Å². The fourth-order valence-electron chi connectivity index (χ4n) is 1.83. The monoisotopic (exact) mass is 380 g/mol. The van der Waals surface area contributed by atoms with Crippen molar-refractivity contribution in [2.45, 2.75) is 13.0 Å². The highest BCUT2D eigenvalue weighted by Crippen LogP contribution is 2.25. The van der Waals surface area contributed by atoms with Crippen molar-refractivity contribution in [2.75, 3.05) is 5.32 Å². The number of carbonyl (C=O) groups is 2. The van der Waals surface area contributed by atoms with E-state index < -0.39 is 23.8 Å². The molecule has 0 spiro atoms. The van der Waals surface area contributed by atoms with Crippen LogP contribution in [0, 0.1) is 17.1 Å². The molecule has 0 aliphatic carbocycles. The summed E-state index contributed by atoms with van der Waals surface area (Å²) in [7, 11) is 0. The van der Waals surface area contributed by atoms with E-state index in [0.29, 0.717) is 11.3 Å². The fraction of sp³-hybridized carbons (Fsp3) is 0.118. The fourth-order valence-corrected chi connectivity index (χ4v) is 2.29. The standard InChI is InChI=1S/C17H11Cl2FN2O3/c1-9(16(23)22-11-4-2-10(8-21)3-5-11)25-17(24)12-6-15(20)14(19)7-13(12)18/h2-7,9H,1H3,(H,22,23)/t9-/m0/s1. The number of halogens is 3. The van der Waals surface area contributed by atoms with Gasteiger partial charge < -0.3 is 10.1 Å². The van der Waals surface area contributed by atoms with Crippen LogP contribution < -0.4 is 5.32 Å². The topological polar surface area (TPSA) is 79.2 Å². The smallest absolute Gasteiger partial charge is 0.340 e. The maximum Gasteiger partial charge on any atom is 0.340 e. The summed E-state index contributed by atoms with van der Waals surface area (Å²) in [6, 6.07) is 10.0. The van der Waals surface area contributed by atoms with Crippen LogP contribution in [0.25, 0.3) is 0 Å². The Morgan fingerprint density at radius 1 is 1.20 bits per heavy atom. The SMILES string of the molecule is C[C@H](OC(=O)c1cc(F)c(Cl)cc1Cl)C(=O)Nc1ccc(C#N)cc1. The number of ether oxygens (including phenoxy) is 1. The van der Waals surface area contributed by atoms with Gasteiger partial charge in [0, 0.05) is 5.69 Å². The van der Waals surface area contributed by atoms with Crippen LogP contribution in [0.5, 0.6) is 0 Å². The molecule has 0 saturated carbocycles. The quantitative estimate of drug-likeness (QED) is 0.636. The Bertz CT molecular complexity index is 863. The van der Waals surface area contributed by atoms with Crippen molar-refractivity contribution >= 4 is 40.8 Å². The van der Waals surface area contributed by atoms with Crippen molar-refractivity contribution in [3.05, 3.63) is 63.4 Å². The summed E-state index contributed by atoms with van der Waals surface area (Å²) in [6.45, 7) is 1.36. The number of hydrogen-bond acceptors (Lipinski definition) is 4. The predicted octanol–water partition coefficient (Wildman–Crippen LogP) is 4.19. The molecule has 0 saturated heterocycles. The van der Waals surface area contributed by atoms with Gasteiger partial charge in [0.25, 0.3) is 5.91 Å². The van der Waals surface area contributed by atoms with Gasteiger partial charge in [0.1, 0.15) is 5.82 Å². The van der Waals surface area contributed by atoms with Gasteiger partial charge in [0.15, 0.2) is 6.10 Å². The van der Waals surface area contributed by atoms with Crippen molar-refractivity contribution in [2.24, 2.45) is 0 Å². The highest BCUT2D eigenvalue weighted by Gasteiger charge is 2.22. The number of carbonyl (C=O) groups excluding carboxylic acids is 2. The molecule has 0 fully saturated rings. The van der Waals surface area contributed by atoms with E-state index in [2.05, 4.69) is 5.32 Å². The Morgan fingerprint density at radius 2 is 1.84 bits per heavy atom. The third-order valence-electron chi connectivity index (χ3n) is 3.16. The summed E-state index contributed by atoms with van der Waals surface area (Å²) >= 11 is 11.4. The lowest BCUT2D eigenvalue weighted by Gasteiger charge is -2.14. The summed E-state index contributed by atoms with van der Waals surface area (Å²) in [5.74, 6) is -2.38. The minimum Gasteiger partial charge on any atom is -0.449 e. The normalized spacial score (nSPS) is 11.3. The van der Waals surface area contributed by atoms with Gasteiger partial charge in [0.05, 0.1) is 27.2 Å². The summed E-state index contributed by atoms with van der Waals surface area (Å²) in [5.41, 5.74) is 0.640. The first kappa shape index (κ1) is 18.7. The molecular formula is C17H11Cl2FN2O3. The molecule has 0 aromatic heterocycles. The molecule has 0 aliphatic heterocycles. The van der Waals surface area contributed by atoms with Crippen LogP contribution in [0.2, 0.25) is 10.0 Å². The molecule has 2 aromatic rings. The van der Waals surface area contributed by atoms with E-state index in [-0.39, 0.29) is 15.6 Å². The zero-order chi connectivity index (χ0) is 18.6. The minimum absolute atomic E-state index is 0.0869. The lowest BCUT2D eigenvalue weighted by atomic mass is 10.2. The van der Waals surface area contributed by atoms with Gasteiger partial charge in [-0.05, 0) is 43.3 Å². The molecule has 5 nitrogen and oxygen atoms in total. The first-order valence-electron chi connectivity index (χ1n) is 6.98. The lowest BCUT2D eigenvalue weighted by molar-refractivity contribution is -0.123. The first-order valence-corrected chi connectivity index (χ1v) is 7.74. The van der Waals surface area contributed by atoms with Crippen molar-refractivity contribution < 1.29 is 18.7 Å². The molecule has 0 radical (unpaired) electrons. The average Bonchev–Trinajstić information content (AvgIpc) is 2.58. The number of benzene rings is 2. The van der Waals surface area contributed by atoms with Crippen LogP contribution in [0.4, 0.5) is 10.1 Å². The van der Waals surface area contributed by atoms with Crippen LogP contribution in [-0.4, -0.2) is 18.0 Å². The number of nitriles is 1. The van der Waals surface area contributed by atoms with Gasteiger partial charge in [-0.3, -0.25) is 4.79 Å². The maximum absolute atomic E-state index is 13.5. The molecule has 1 amide bonds. The van der Waals surface area contributed by atoms with E-state index in [0.717, 1.165) is 12.1 Å². The van der Waals surface area contributed by atoms with Gasteiger partial charge in [-0.15, -0.1) is 0 Å². The number of anilines is 1. The first-order chi connectivity index (χ1) is 11.8. The van der Waals surface area contributed by atoms with E-state index in [1.807, 2.05) is 6.07 Å². The summed E-state index contributed by atoms with van der Waals surface area (Å²) in [4.78, 5) is 24.1. The van der Waals surface area contributed by atoms with E-state index in [9.17, 15) is 14.0 Å². The lowest BCUT2D eigenvalue weighted by Crippen LogP contribution is -2.30. The zero-order valence-electron chi connectivity index (χ0n) is 12.8. The van der Waals surface area contributed by atoms with E-state index >= 15 is 0 Å². The second kappa shape index (κ2) is 7.97. The Kier molecular flexibility index (Phi) is 5.97. The molecule has 0 heterocycles. The van der Waals surface area contributed by atoms with Crippen LogP contribution >= 0.6 is 23.2 Å². The molecule has 128 valence electrons. The number of esters is 1. The molecule has 0 unspecified atom stereocenters. The number of nitrogens with zero attached hydrogens (tertiary/aromatic N) is 1. The van der Waals surface area contributed by atoms with Gasteiger partial charge in [0.2, 0.25) is 0 Å². The highest BCUT2D eigenvalue weighted by molar-refractivity contribution is 6.36. The van der Waals surface area contributed by atoms with Crippen LogP contribution in [0.1, 0.15) is 22.8 Å². The second-order valence-electron chi connectivity index (χ2n) is 4.97. The van der Waals surface area contributed by atoms with Crippen LogP contribution in [0.15, 0.2) is 36.4 Å². The molecule has 2 aromatic carbocycles. The average molecular weight is 381 g/mol. The van der Waals surface area contributed by atoms with E-state index in [4.69, 9.17) is 33.2 Å². The number of hydrogen-bond donors (Lipinski definition) is 1. The van der Waals surface area contributed by atoms with Gasteiger partial charge in [-0.2, -0.15) is 5.26 Å². The number of nitrogens with one attached hydrogen (secondary N) is 1. The molecule has 8 heteroatoms. The van der Waals surface area contributed by atoms with Gasteiger partial charge in [-0.25, -0.2) is 9.18 Å². The molecule has 0 aliphatic rings. The predicted molar refractivity (Wildman–Crippen MR) is 91.1 cm³/mol. The third-order valence-corrected chi connectivity index (χ3v) is 3.77. The molecule has 1 N–H and O–H groups in total. The number of amides is 1. The molecule has 2 rings (SSSR count). The summed E-state index contributed by atoms with van der Waals surface area (Å²) in [5, 5.41) is 10.9. The molecule has 25 heavy (non-hydrogen) atoms. The Morgan fingerprint density at radius 3 is 2.44 bits per heavy atom. The third kappa shape index (κ3) is 4.69. The molecule has 0 bridgehead atoms. The minimum atomic E-state index is -1.15. The van der Waals surface area contributed by atoms with Crippen molar-refractivity contribution in [1.82, 2.24) is 0 Å². The Hall–Kier alpha value is -2.62. The van der Waals surface area contributed by atoms with Crippen LogP contribution in [0.3, 0.4) is 0 Å². The largest absolute Gasteiger partial charge is 0.449 e. The summed E-state index contributed by atoms with van der Waals surface area (Å²) < 4.78 is 18.5. The second-order valence-corrected chi connectivity index (χ2v) is 5.79.